The van der Waals surface area contributed by atoms with Crippen molar-refractivity contribution in [1.82, 2.24) is 10.2 Å². The van der Waals surface area contributed by atoms with E-state index in [0.29, 0.717) is 19.5 Å². The van der Waals surface area contributed by atoms with Crippen LogP contribution in [0.3, 0.4) is 0 Å². The van der Waals surface area contributed by atoms with E-state index in [-0.39, 0.29) is 18.2 Å². The second-order valence-corrected chi connectivity index (χ2v) is 7.60. The second kappa shape index (κ2) is 12.0. The Balaban J connectivity index is 2.21. The van der Waals surface area contributed by atoms with E-state index in [9.17, 15) is 9.59 Å². The Labute approximate surface area is 180 Å². The standard InChI is InChI=1S/C25H34N2O3/c1-5-7-16-26-25(29)23(6-2)27(18-21-10-8-19(3)9-11-21)24(28)17-20-12-14-22(30-4)15-13-20/h8-15,23H,5-7,16-18H2,1-4H3,(H,26,29). The fraction of sp³-hybridized carbons (Fsp3) is 0.440. The predicted molar refractivity (Wildman–Crippen MR) is 120 cm³/mol. The second-order valence-electron chi connectivity index (χ2n) is 7.60. The third-order valence-corrected chi connectivity index (χ3v) is 5.20. The lowest BCUT2D eigenvalue weighted by Crippen LogP contribution is -2.49. The zero-order valence-corrected chi connectivity index (χ0v) is 18.6. The maximum atomic E-state index is 13.3. The number of unbranched alkanes of at least 4 members (excludes halogenated alkanes) is 1. The first-order valence-electron chi connectivity index (χ1n) is 10.7. The molecule has 0 aliphatic carbocycles. The van der Waals surface area contributed by atoms with Crippen molar-refractivity contribution in [2.24, 2.45) is 0 Å². The minimum absolute atomic E-state index is 0.0572. The molecule has 1 unspecified atom stereocenters. The summed E-state index contributed by atoms with van der Waals surface area (Å²) in [7, 11) is 1.62. The van der Waals surface area contributed by atoms with Crippen LogP contribution in [0.4, 0.5) is 0 Å². The van der Waals surface area contributed by atoms with Gasteiger partial charge in [0.1, 0.15) is 11.8 Å². The molecule has 1 N–H and O–H groups in total. The number of hydrogen-bond acceptors (Lipinski definition) is 3. The number of nitrogens with zero attached hydrogens (tertiary/aromatic N) is 1. The summed E-state index contributed by atoms with van der Waals surface area (Å²) in [5.74, 6) is 0.615. The van der Waals surface area contributed by atoms with Crippen LogP contribution in [-0.4, -0.2) is 36.4 Å². The molecule has 5 heteroatoms. The summed E-state index contributed by atoms with van der Waals surface area (Å²) in [6.07, 6.45) is 2.76. The van der Waals surface area contributed by atoms with Crippen molar-refractivity contribution < 1.29 is 14.3 Å². The Morgan fingerprint density at radius 2 is 1.63 bits per heavy atom. The molecule has 0 saturated heterocycles. The maximum absolute atomic E-state index is 13.3. The maximum Gasteiger partial charge on any atom is 0.242 e. The van der Waals surface area contributed by atoms with E-state index in [1.165, 1.54) is 5.56 Å². The number of benzene rings is 2. The SMILES string of the molecule is CCCCNC(=O)C(CC)N(Cc1ccc(C)cc1)C(=O)Cc1ccc(OC)cc1. The molecule has 0 aromatic heterocycles. The summed E-state index contributed by atoms with van der Waals surface area (Å²) in [4.78, 5) is 27.9. The minimum Gasteiger partial charge on any atom is -0.497 e. The van der Waals surface area contributed by atoms with E-state index in [4.69, 9.17) is 4.74 Å². The van der Waals surface area contributed by atoms with E-state index in [1.54, 1.807) is 12.0 Å². The third kappa shape index (κ3) is 6.90. The Morgan fingerprint density at radius 1 is 1.00 bits per heavy atom. The van der Waals surface area contributed by atoms with Crippen molar-refractivity contribution in [3.8, 4) is 5.75 Å². The molecule has 0 fully saturated rings. The highest BCUT2D eigenvalue weighted by Crippen LogP contribution is 2.17. The molecule has 5 nitrogen and oxygen atoms in total. The van der Waals surface area contributed by atoms with Crippen LogP contribution in [0.2, 0.25) is 0 Å². The molecule has 0 heterocycles. The van der Waals surface area contributed by atoms with Gasteiger partial charge in [0.15, 0.2) is 0 Å². The van der Waals surface area contributed by atoms with Crippen LogP contribution in [0, 0.1) is 6.92 Å². The van der Waals surface area contributed by atoms with Gasteiger partial charge in [-0.15, -0.1) is 0 Å². The lowest BCUT2D eigenvalue weighted by molar-refractivity contribution is -0.140. The van der Waals surface area contributed by atoms with Gasteiger partial charge in [-0.1, -0.05) is 62.2 Å². The molecular weight excluding hydrogens is 376 g/mol. The van der Waals surface area contributed by atoms with Crippen LogP contribution in [0.15, 0.2) is 48.5 Å². The fourth-order valence-corrected chi connectivity index (χ4v) is 3.34. The number of carbonyl (C=O) groups excluding carboxylic acids is 2. The van der Waals surface area contributed by atoms with Gasteiger partial charge in [-0.05, 0) is 43.0 Å². The molecule has 0 radical (unpaired) electrons. The van der Waals surface area contributed by atoms with Gasteiger partial charge in [-0.3, -0.25) is 9.59 Å². The molecule has 0 aliphatic rings. The summed E-state index contributed by atoms with van der Waals surface area (Å²) < 4.78 is 5.20. The van der Waals surface area contributed by atoms with Crippen molar-refractivity contribution >= 4 is 11.8 Å². The van der Waals surface area contributed by atoms with Crippen molar-refractivity contribution in [2.45, 2.75) is 59.0 Å². The average Bonchev–Trinajstić information content (AvgIpc) is 2.75. The third-order valence-electron chi connectivity index (χ3n) is 5.20. The molecule has 2 rings (SSSR count). The first kappa shape index (κ1) is 23.5. The van der Waals surface area contributed by atoms with Gasteiger partial charge in [0.2, 0.25) is 11.8 Å². The normalized spacial score (nSPS) is 11.6. The fourth-order valence-electron chi connectivity index (χ4n) is 3.34. The van der Waals surface area contributed by atoms with Crippen LogP contribution in [0.5, 0.6) is 5.75 Å². The van der Waals surface area contributed by atoms with Crippen molar-refractivity contribution in [3.63, 3.8) is 0 Å². The van der Waals surface area contributed by atoms with Crippen LogP contribution >= 0.6 is 0 Å². The first-order valence-corrected chi connectivity index (χ1v) is 10.7. The number of rotatable bonds is 11. The number of amides is 2. The van der Waals surface area contributed by atoms with Gasteiger partial charge in [0, 0.05) is 13.1 Å². The van der Waals surface area contributed by atoms with E-state index < -0.39 is 6.04 Å². The van der Waals surface area contributed by atoms with E-state index in [0.717, 1.165) is 29.7 Å². The van der Waals surface area contributed by atoms with Crippen molar-refractivity contribution in [1.29, 1.82) is 0 Å². The molecule has 2 aromatic rings. The Hall–Kier alpha value is -2.82. The zero-order valence-electron chi connectivity index (χ0n) is 18.6. The molecule has 0 spiro atoms. The summed E-state index contributed by atoms with van der Waals surface area (Å²) in [6.45, 7) is 7.12. The molecule has 0 aliphatic heterocycles. The van der Waals surface area contributed by atoms with Crippen LogP contribution < -0.4 is 10.1 Å². The molecule has 2 aromatic carbocycles. The lowest BCUT2D eigenvalue weighted by Gasteiger charge is -2.31. The van der Waals surface area contributed by atoms with E-state index >= 15 is 0 Å². The summed E-state index contributed by atoms with van der Waals surface area (Å²) in [5.41, 5.74) is 3.08. The topological polar surface area (TPSA) is 58.6 Å². The monoisotopic (exact) mass is 410 g/mol. The number of aryl methyl sites for hydroxylation is 1. The molecule has 2 amide bonds. The van der Waals surface area contributed by atoms with E-state index in [1.807, 2.05) is 62.4 Å². The minimum atomic E-state index is -0.492. The van der Waals surface area contributed by atoms with Gasteiger partial charge in [0.05, 0.1) is 13.5 Å². The quantitative estimate of drug-likeness (QED) is 0.563. The van der Waals surface area contributed by atoms with Gasteiger partial charge in [-0.25, -0.2) is 0 Å². The van der Waals surface area contributed by atoms with Crippen molar-refractivity contribution in [3.05, 3.63) is 65.2 Å². The van der Waals surface area contributed by atoms with Gasteiger partial charge < -0.3 is 15.0 Å². The number of ether oxygens (including phenoxy) is 1. The Bertz CT molecular complexity index is 800. The van der Waals surface area contributed by atoms with Crippen molar-refractivity contribution in [2.75, 3.05) is 13.7 Å². The van der Waals surface area contributed by atoms with Gasteiger partial charge >= 0.3 is 0 Å². The first-order chi connectivity index (χ1) is 14.5. The lowest BCUT2D eigenvalue weighted by atomic mass is 10.1. The van der Waals surface area contributed by atoms with Crippen LogP contribution in [-0.2, 0) is 22.6 Å². The van der Waals surface area contributed by atoms with E-state index in [2.05, 4.69) is 12.2 Å². The average molecular weight is 411 g/mol. The number of methoxy groups -OCH3 is 1. The molecular formula is C25H34N2O3. The highest BCUT2D eigenvalue weighted by atomic mass is 16.5. The predicted octanol–water partition coefficient (Wildman–Crippen LogP) is 4.27. The smallest absolute Gasteiger partial charge is 0.242 e. The largest absolute Gasteiger partial charge is 0.497 e. The zero-order chi connectivity index (χ0) is 21.9. The molecule has 0 bridgehead atoms. The van der Waals surface area contributed by atoms with Crippen LogP contribution in [0.1, 0.15) is 49.8 Å². The Morgan fingerprint density at radius 3 is 2.20 bits per heavy atom. The van der Waals surface area contributed by atoms with Gasteiger partial charge in [-0.2, -0.15) is 0 Å². The molecule has 162 valence electrons. The summed E-state index contributed by atoms with van der Waals surface area (Å²) >= 11 is 0. The highest BCUT2D eigenvalue weighted by molar-refractivity contribution is 5.88. The summed E-state index contributed by atoms with van der Waals surface area (Å²) in [6, 6.07) is 15.1. The molecule has 1 atom stereocenters. The van der Waals surface area contributed by atoms with Crippen LogP contribution in [0.25, 0.3) is 0 Å². The number of carbonyl (C=O) groups is 2. The molecule has 0 saturated carbocycles. The number of nitrogens with one attached hydrogen (secondary N) is 1. The Kier molecular flexibility index (Phi) is 9.39. The number of hydrogen-bond donors (Lipinski definition) is 1. The molecule has 30 heavy (non-hydrogen) atoms. The summed E-state index contributed by atoms with van der Waals surface area (Å²) in [5, 5.41) is 2.99. The van der Waals surface area contributed by atoms with Gasteiger partial charge in [0.25, 0.3) is 0 Å². The highest BCUT2D eigenvalue weighted by Gasteiger charge is 2.28.